The molecule has 0 aliphatic heterocycles. The first-order valence-electron chi connectivity index (χ1n) is 7.53. The van der Waals surface area contributed by atoms with E-state index < -0.39 is 0 Å². The lowest BCUT2D eigenvalue weighted by atomic mass is 9.99. The first-order valence-corrected chi connectivity index (χ1v) is 7.53. The smallest absolute Gasteiger partial charge is 0.130 e. The summed E-state index contributed by atoms with van der Waals surface area (Å²) in [6.45, 7) is 2.46. The highest BCUT2D eigenvalue weighted by molar-refractivity contribution is 5.75. The van der Waals surface area contributed by atoms with Crippen molar-refractivity contribution in [1.82, 2.24) is 0 Å². The maximum Gasteiger partial charge on any atom is 0.130 e. The van der Waals surface area contributed by atoms with Crippen LogP contribution in [0.1, 0.15) is 6.92 Å². The number of ether oxygens (including phenoxy) is 1. The van der Waals surface area contributed by atoms with Gasteiger partial charge in [-0.05, 0) is 47.9 Å². The topological polar surface area (TPSA) is 49.7 Å². The van der Waals surface area contributed by atoms with Crippen LogP contribution in [-0.4, -0.2) is 16.8 Å². The van der Waals surface area contributed by atoms with E-state index in [1.165, 1.54) is 0 Å². The molecule has 0 unspecified atom stereocenters. The lowest BCUT2D eigenvalue weighted by Crippen LogP contribution is -1.94. The molecule has 0 saturated carbocycles. The molecule has 3 aromatic rings. The number of rotatable bonds is 4. The van der Waals surface area contributed by atoms with Gasteiger partial charge in [-0.2, -0.15) is 0 Å². The first-order chi connectivity index (χ1) is 11.2. The van der Waals surface area contributed by atoms with Crippen molar-refractivity contribution in [2.24, 2.45) is 0 Å². The van der Waals surface area contributed by atoms with Crippen LogP contribution in [-0.2, 0) is 0 Å². The second kappa shape index (κ2) is 6.44. The van der Waals surface area contributed by atoms with E-state index in [2.05, 4.69) is 0 Å². The molecule has 116 valence electrons. The predicted octanol–water partition coefficient (Wildman–Crippen LogP) is 4.83. The summed E-state index contributed by atoms with van der Waals surface area (Å²) in [5, 5.41) is 19.0. The van der Waals surface area contributed by atoms with Crippen molar-refractivity contribution < 1.29 is 14.9 Å². The third kappa shape index (κ3) is 3.29. The van der Waals surface area contributed by atoms with Crippen LogP contribution in [0.2, 0.25) is 0 Å². The van der Waals surface area contributed by atoms with Gasteiger partial charge in [-0.3, -0.25) is 0 Å². The molecule has 0 saturated heterocycles. The molecule has 0 aliphatic rings. The van der Waals surface area contributed by atoms with E-state index in [0.29, 0.717) is 12.4 Å². The molecule has 3 heteroatoms. The van der Waals surface area contributed by atoms with Gasteiger partial charge in [0.2, 0.25) is 0 Å². The fraction of sp³-hybridized carbons (Fsp3) is 0.100. The summed E-state index contributed by atoms with van der Waals surface area (Å²) in [5.74, 6) is 1.12. The van der Waals surface area contributed by atoms with Gasteiger partial charge < -0.3 is 14.9 Å². The maximum atomic E-state index is 9.63. The largest absolute Gasteiger partial charge is 0.508 e. The summed E-state index contributed by atoms with van der Waals surface area (Å²) in [6, 6.07) is 20.4. The summed E-state index contributed by atoms with van der Waals surface area (Å²) >= 11 is 0. The Balaban J connectivity index is 1.95. The van der Waals surface area contributed by atoms with Gasteiger partial charge >= 0.3 is 0 Å². The second-order valence-electron chi connectivity index (χ2n) is 5.24. The molecule has 3 nitrogen and oxygen atoms in total. The van der Waals surface area contributed by atoms with Gasteiger partial charge in [0, 0.05) is 11.6 Å². The van der Waals surface area contributed by atoms with E-state index in [-0.39, 0.29) is 11.5 Å². The highest BCUT2D eigenvalue weighted by atomic mass is 16.5. The van der Waals surface area contributed by atoms with E-state index in [1.807, 2.05) is 49.4 Å². The van der Waals surface area contributed by atoms with Gasteiger partial charge in [0.1, 0.15) is 17.2 Å². The van der Waals surface area contributed by atoms with Crippen molar-refractivity contribution in [3.05, 3.63) is 66.7 Å². The predicted molar refractivity (Wildman–Crippen MR) is 91.8 cm³/mol. The normalized spacial score (nSPS) is 10.5. The monoisotopic (exact) mass is 306 g/mol. The summed E-state index contributed by atoms with van der Waals surface area (Å²) in [5.41, 5.74) is 4.09. The van der Waals surface area contributed by atoms with Crippen LogP contribution < -0.4 is 4.74 Å². The fourth-order valence-corrected chi connectivity index (χ4v) is 2.52. The minimum absolute atomic E-state index is 0.193. The number of hydrogen-bond acceptors (Lipinski definition) is 3. The van der Waals surface area contributed by atoms with Crippen molar-refractivity contribution in [3.63, 3.8) is 0 Å². The molecule has 0 bridgehead atoms. The molecular weight excluding hydrogens is 288 g/mol. The molecule has 3 rings (SSSR count). The van der Waals surface area contributed by atoms with E-state index in [9.17, 15) is 10.2 Å². The van der Waals surface area contributed by atoms with Crippen molar-refractivity contribution in [1.29, 1.82) is 0 Å². The minimum atomic E-state index is 0.193. The number of aromatic hydroxyl groups is 2. The Bertz CT molecular complexity index is 790. The van der Waals surface area contributed by atoms with Crippen LogP contribution >= 0.6 is 0 Å². The fourth-order valence-electron chi connectivity index (χ4n) is 2.52. The number of phenols is 2. The summed E-state index contributed by atoms with van der Waals surface area (Å²) in [6.07, 6.45) is 0. The van der Waals surface area contributed by atoms with Crippen LogP contribution in [0, 0.1) is 0 Å². The Morgan fingerprint density at radius 3 is 1.83 bits per heavy atom. The summed E-state index contributed by atoms with van der Waals surface area (Å²) < 4.78 is 5.61. The Kier molecular flexibility index (Phi) is 4.20. The third-order valence-electron chi connectivity index (χ3n) is 3.66. The quantitative estimate of drug-likeness (QED) is 0.726. The number of hydrogen-bond donors (Lipinski definition) is 2. The molecule has 0 amide bonds. The van der Waals surface area contributed by atoms with Crippen molar-refractivity contribution in [2.75, 3.05) is 6.61 Å². The standard InChI is InChI=1S/C20H18O3/c1-2-23-20-13-18(22)11-12-19(20)16-5-3-14(4-6-16)15-7-9-17(21)10-8-15/h3-13,21-22H,2H2,1H3. The summed E-state index contributed by atoms with van der Waals surface area (Å²) in [4.78, 5) is 0. The van der Waals surface area contributed by atoms with Crippen LogP contribution in [0.25, 0.3) is 22.3 Å². The Morgan fingerprint density at radius 1 is 0.696 bits per heavy atom. The maximum absolute atomic E-state index is 9.63. The van der Waals surface area contributed by atoms with Crippen molar-refractivity contribution in [2.45, 2.75) is 6.92 Å². The molecule has 2 N–H and O–H groups in total. The Morgan fingerprint density at radius 2 is 1.22 bits per heavy atom. The van der Waals surface area contributed by atoms with Gasteiger partial charge in [-0.25, -0.2) is 0 Å². The van der Waals surface area contributed by atoms with E-state index in [0.717, 1.165) is 22.3 Å². The van der Waals surface area contributed by atoms with Crippen molar-refractivity contribution in [3.8, 4) is 39.5 Å². The minimum Gasteiger partial charge on any atom is -0.508 e. The number of phenolic OH excluding ortho intramolecular Hbond substituents is 2. The third-order valence-corrected chi connectivity index (χ3v) is 3.66. The van der Waals surface area contributed by atoms with Gasteiger partial charge in [-0.15, -0.1) is 0 Å². The zero-order valence-corrected chi connectivity index (χ0v) is 12.9. The van der Waals surface area contributed by atoms with Crippen LogP contribution in [0.5, 0.6) is 17.2 Å². The van der Waals surface area contributed by atoms with E-state index in [4.69, 9.17) is 4.74 Å². The van der Waals surface area contributed by atoms with E-state index >= 15 is 0 Å². The highest BCUT2D eigenvalue weighted by Gasteiger charge is 2.08. The molecule has 3 aromatic carbocycles. The SMILES string of the molecule is CCOc1cc(O)ccc1-c1ccc(-c2ccc(O)cc2)cc1. The molecule has 0 atom stereocenters. The molecule has 0 fully saturated rings. The molecule has 0 spiro atoms. The Hall–Kier alpha value is -2.94. The van der Waals surface area contributed by atoms with Crippen molar-refractivity contribution >= 4 is 0 Å². The lowest BCUT2D eigenvalue weighted by Gasteiger charge is -2.11. The highest BCUT2D eigenvalue weighted by Crippen LogP contribution is 2.34. The van der Waals surface area contributed by atoms with Crippen LogP contribution in [0.3, 0.4) is 0 Å². The Labute approximate surface area is 135 Å². The average Bonchev–Trinajstić information content (AvgIpc) is 2.56. The lowest BCUT2D eigenvalue weighted by molar-refractivity contribution is 0.339. The molecular formula is C20H18O3. The van der Waals surface area contributed by atoms with Crippen LogP contribution in [0.4, 0.5) is 0 Å². The molecule has 0 radical (unpaired) electrons. The molecule has 0 heterocycles. The molecule has 0 aliphatic carbocycles. The second-order valence-corrected chi connectivity index (χ2v) is 5.24. The average molecular weight is 306 g/mol. The van der Waals surface area contributed by atoms with E-state index in [1.54, 1.807) is 24.3 Å². The zero-order valence-electron chi connectivity index (χ0n) is 12.9. The zero-order chi connectivity index (χ0) is 16.2. The van der Waals surface area contributed by atoms with Gasteiger partial charge in [0.15, 0.2) is 0 Å². The molecule has 0 aromatic heterocycles. The van der Waals surface area contributed by atoms with Crippen LogP contribution in [0.15, 0.2) is 66.7 Å². The van der Waals surface area contributed by atoms with Gasteiger partial charge in [-0.1, -0.05) is 36.4 Å². The van der Waals surface area contributed by atoms with Gasteiger partial charge in [0.25, 0.3) is 0 Å². The molecule has 23 heavy (non-hydrogen) atoms. The van der Waals surface area contributed by atoms with Gasteiger partial charge in [0.05, 0.1) is 6.61 Å². The number of benzene rings is 3. The summed E-state index contributed by atoms with van der Waals surface area (Å²) in [7, 11) is 0. The first kappa shape index (κ1) is 15.0.